The molecule has 17 heavy (non-hydrogen) atoms. The number of rotatable bonds is 4. The van der Waals surface area contributed by atoms with Crippen molar-refractivity contribution < 1.29 is 32.7 Å². The Kier molecular flexibility index (Phi) is 3.51. The highest BCUT2D eigenvalue weighted by Crippen LogP contribution is 2.32. The van der Waals surface area contributed by atoms with Gasteiger partial charge in [-0.05, 0) is 6.07 Å². The van der Waals surface area contributed by atoms with E-state index in [4.69, 9.17) is 5.11 Å². The van der Waals surface area contributed by atoms with Gasteiger partial charge in [-0.3, -0.25) is 10.1 Å². The molecule has 1 aromatic carbocycles. The molecule has 0 spiro atoms. The number of ether oxygens (including phenoxy) is 1. The lowest BCUT2D eigenvalue weighted by atomic mass is 10.1. The molecule has 1 aromatic rings. The third kappa shape index (κ3) is 2.62. The molecule has 92 valence electrons. The van der Waals surface area contributed by atoms with Crippen molar-refractivity contribution in [3.63, 3.8) is 0 Å². The number of halogens is 3. The van der Waals surface area contributed by atoms with E-state index in [2.05, 4.69) is 4.74 Å². The summed E-state index contributed by atoms with van der Waals surface area (Å²) in [7, 11) is 0. The maximum atomic E-state index is 13.1. The van der Waals surface area contributed by atoms with Crippen LogP contribution in [0.15, 0.2) is 12.1 Å². The van der Waals surface area contributed by atoms with Gasteiger partial charge in [0.25, 0.3) is 5.69 Å². The van der Waals surface area contributed by atoms with E-state index in [1.807, 2.05) is 0 Å². The van der Waals surface area contributed by atoms with E-state index < -0.39 is 40.3 Å². The molecule has 0 unspecified atom stereocenters. The number of carboxylic acids is 1. The Morgan fingerprint density at radius 2 is 2.06 bits per heavy atom. The smallest absolute Gasteiger partial charge is 0.387 e. The Morgan fingerprint density at radius 1 is 1.47 bits per heavy atom. The predicted molar refractivity (Wildman–Crippen MR) is 46.6 cm³/mol. The van der Waals surface area contributed by atoms with Crippen LogP contribution in [0.4, 0.5) is 18.9 Å². The molecule has 0 bridgehead atoms. The molecule has 0 aliphatic heterocycles. The number of benzene rings is 1. The quantitative estimate of drug-likeness (QED) is 0.653. The molecule has 6 nitrogen and oxygen atoms in total. The maximum Gasteiger partial charge on any atom is 0.387 e. The Bertz CT molecular complexity index is 476. The molecule has 0 aromatic heterocycles. The number of aromatic carboxylic acids is 1. The van der Waals surface area contributed by atoms with E-state index in [1.165, 1.54) is 0 Å². The number of hydrogen-bond acceptors (Lipinski definition) is 4. The van der Waals surface area contributed by atoms with Crippen molar-refractivity contribution in [2.45, 2.75) is 6.61 Å². The van der Waals surface area contributed by atoms with E-state index in [-0.39, 0.29) is 0 Å². The second-order valence-corrected chi connectivity index (χ2v) is 2.71. The van der Waals surface area contributed by atoms with E-state index in [1.54, 1.807) is 0 Å². The van der Waals surface area contributed by atoms with E-state index >= 15 is 0 Å². The number of nitro groups is 1. The summed E-state index contributed by atoms with van der Waals surface area (Å²) in [5.41, 5.74) is -2.29. The number of nitro benzene ring substituents is 1. The Hall–Kier alpha value is -2.32. The summed E-state index contributed by atoms with van der Waals surface area (Å²) < 4.78 is 40.6. The number of carboxylic acid groups (broad SMARTS) is 1. The molecule has 0 atom stereocenters. The van der Waals surface area contributed by atoms with Crippen LogP contribution in [0.25, 0.3) is 0 Å². The fourth-order valence-corrected chi connectivity index (χ4v) is 1.11. The standard InChI is InChI=1S/C8H4F3NO5/c9-3-1-2-4(12(15)16)5(7(13)14)6(3)17-8(10)11/h1-2,8H,(H,13,14). The number of nitrogens with zero attached hydrogens (tertiary/aromatic N) is 1. The highest BCUT2D eigenvalue weighted by atomic mass is 19.3. The molecule has 0 amide bonds. The van der Waals surface area contributed by atoms with Crippen molar-refractivity contribution in [3.05, 3.63) is 33.6 Å². The monoisotopic (exact) mass is 251 g/mol. The van der Waals surface area contributed by atoms with Crippen LogP contribution < -0.4 is 4.74 Å². The molecular formula is C8H4F3NO5. The summed E-state index contributed by atoms with van der Waals surface area (Å²) in [6, 6.07) is 1.03. The van der Waals surface area contributed by atoms with Gasteiger partial charge in [0, 0.05) is 6.07 Å². The van der Waals surface area contributed by atoms with Crippen LogP contribution in [0.2, 0.25) is 0 Å². The molecule has 0 heterocycles. The van der Waals surface area contributed by atoms with Crippen LogP contribution in [0, 0.1) is 15.9 Å². The van der Waals surface area contributed by atoms with Crippen molar-refractivity contribution >= 4 is 11.7 Å². The van der Waals surface area contributed by atoms with Crippen molar-refractivity contribution in [2.24, 2.45) is 0 Å². The molecule has 0 aliphatic carbocycles. The zero-order valence-corrected chi connectivity index (χ0v) is 7.89. The summed E-state index contributed by atoms with van der Waals surface area (Å²) in [6.45, 7) is -3.50. The first-order valence-corrected chi connectivity index (χ1v) is 3.99. The molecule has 0 aliphatic rings. The Morgan fingerprint density at radius 3 is 2.47 bits per heavy atom. The first-order valence-electron chi connectivity index (χ1n) is 3.99. The summed E-state index contributed by atoms with van der Waals surface area (Å²) in [5.74, 6) is -4.72. The second kappa shape index (κ2) is 4.68. The lowest BCUT2D eigenvalue weighted by molar-refractivity contribution is -0.385. The first-order chi connectivity index (χ1) is 7.84. The van der Waals surface area contributed by atoms with E-state index in [0.29, 0.717) is 12.1 Å². The zero-order valence-electron chi connectivity index (χ0n) is 7.89. The van der Waals surface area contributed by atoms with Gasteiger partial charge < -0.3 is 9.84 Å². The summed E-state index contributed by atoms with van der Waals surface area (Å²) in [5, 5.41) is 19.1. The SMILES string of the molecule is O=C(O)c1c([N+](=O)[O-])ccc(F)c1OC(F)F. The average Bonchev–Trinajstić information content (AvgIpc) is 2.19. The molecule has 0 saturated heterocycles. The molecular weight excluding hydrogens is 247 g/mol. The molecule has 0 fully saturated rings. The first kappa shape index (κ1) is 12.7. The van der Waals surface area contributed by atoms with Gasteiger partial charge in [0.15, 0.2) is 17.1 Å². The second-order valence-electron chi connectivity index (χ2n) is 2.71. The number of alkyl halides is 2. The van der Waals surface area contributed by atoms with Gasteiger partial charge in [0.2, 0.25) is 0 Å². The zero-order chi connectivity index (χ0) is 13.2. The van der Waals surface area contributed by atoms with Gasteiger partial charge in [-0.15, -0.1) is 0 Å². The van der Waals surface area contributed by atoms with Gasteiger partial charge in [0.1, 0.15) is 0 Å². The molecule has 1 N–H and O–H groups in total. The molecule has 1 rings (SSSR count). The van der Waals surface area contributed by atoms with Gasteiger partial charge in [0.05, 0.1) is 4.92 Å². The summed E-state index contributed by atoms with van der Waals surface area (Å²) >= 11 is 0. The molecule has 0 saturated carbocycles. The molecule has 0 radical (unpaired) electrons. The van der Waals surface area contributed by atoms with Crippen LogP contribution >= 0.6 is 0 Å². The maximum absolute atomic E-state index is 13.1. The van der Waals surface area contributed by atoms with Crippen molar-refractivity contribution in [1.82, 2.24) is 0 Å². The number of carbonyl (C=O) groups is 1. The van der Waals surface area contributed by atoms with E-state index in [0.717, 1.165) is 0 Å². The highest BCUT2D eigenvalue weighted by Gasteiger charge is 2.29. The van der Waals surface area contributed by atoms with Crippen molar-refractivity contribution in [1.29, 1.82) is 0 Å². The van der Waals surface area contributed by atoms with Gasteiger partial charge in [-0.1, -0.05) is 0 Å². The normalized spacial score (nSPS) is 10.4. The Balaban J connectivity index is 3.48. The van der Waals surface area contributed by atoms with Crippen LogP contribution in [0.3, 0.4) is 0 Å². The average molecular weight is 251 g/mol. The Labute approximate surface area is 91.4 Å². The van der Waals surface area contributed by atoms with Crippen LogP contribution in [-0.4, -0.2) is 22.6 Å². The summed E-state index contributed by atoms with van der Waals surface area (Å²) in [4.78, 5) is 20.0. The summed E-state index contributed by atoms with van der Waals surface area (Å²) in [6.07, 6.45) is 0. The predicted octanol–water partition coefficient (Wildman–Crippen LogP) is 2.03. The largest absolute Gasteiger partial charge is 0.477 e. The minimum absolute atomic E-state index is 0.474. The van der Waals surface area contributed by atoms with Crippen LogP contribution in [-0.2, 0) is 0 Å². The van der Waals surface area contributed by atoms with E-state index in [9.17, 15) is 28.1 Å². The highest BCUT2D eigenvalue weighted by molar-refractivity contribution is 5.95. The third-order valence-corrected chi connectivity index (χ3v) is 1.71. The van der Waals surface area contributed by atoms with Gasteiger partial charge in [-0.2, -0.15) is 8.78 Å². The lowest BCUT2D eigenvalue weighted by Gasteiger charge is -2.08. The fourth-order valence-electron chi connectivity index (χ4n) is 1.11. The fraction of sp³-hybridized carbons (Fsp3) is 0.125. The number of hydrogen-bond donors (Lipinski definition) is 1. The third-order valence-electron chi connectivity index (χ3n) is 1.71. The van der Waals surface area contributed by atoms with Crippen LogP contribution in [0.1, 0.15) is 10.4 Å². The van der Waals surface area contributed by atoms with Gasteiger partial charge >= 0.3 is 12.6 Å². The van der Waals surface area contributed by atoms with Crippen LogP contribution in [0.5, 0.6) is 5.75 Å². The van der Waals surface area contributed by atoms with Crippen molar-refractivity contribution in [3.8, 4) is 5.75 Å². The van der Waals surface area contributed by atoms with Crippen molar-refractivity contribution in [2.75, 3.05) is 0 Å². The minimum Gasteiger partial charge on any atom is -0.477 e. The minimum atomic E-state index is -3.50. The topological polar surface area (TPSA) is 89.7 Å². The van der Waals surface area contributed by atoms with Gasteiger partial charge in [-0.25, -0.2) is 9.18 Å². The molecule has 9 heteroatoms. The lowest BCUT2D eigenvalue weighted by Crippen LogP contribution is -2.11.